The molecule has 7 heteroatoms. The molecule has 0 bridgehead atoms. The van der Waals surface area contributed by atoms with Crippen molar-refractivity contribution in [1.29, 1.82) is 0 Å². The fourth-order valence-electron chi connectivity index (χ4n) is 1.66. The zero-order valence-corrected chi connectivity index (χ0v) is 14.1. The highest BCUT2D eigenvalue weighted by atomic mass is 16.6. The van der Waals surface area contributed by atoms with Crippen LogP contribution in [0.15, 0.2) is 0 Å². The second-order valence-electron chi connectivity index (χ2n) is 6.35. The van der Waals surface area contributed by atoms with Crippen molar-refractivity contribution in [2.24, 2.45) is 5.92 Å². The molecule has 0 heterocycles. The molecular weight excluding hydrogens is 290 g/mol. The van der Waals surface area contributed by atoms with Crippen molar-refractivity contribution >= 4 is 18.0 Å². The van der Waals surface area contributed by atoms with Crippen molar-refractivity contribution in [2.45, 2.75) is 72.1 Å². The molecule has 0 fully saturated rings. The number of hydrogen-bond donors (Lipinski definition) is 2. The Hall–Kier alpha value is -1.79. The molecule has 0 saturated carbocycles. The number of carbonyl (C=O) groups excluding carboxylic acids is 2. The van der Waals surface area contributed by atoms with E-state index >= 15 is 0 Å². The Morgan fingerprint density at radius 1 is 1.18 bits per heavy atom. The number of alkyl carbamates (subject to hydrolysis) is 1. The van der Waals surface area contributed by atoms with Gasteiger partial charge in [-0.05, 0) is 33.6 Å². The minimum absolute atomic E-state index is 0.169. The number of hydrogen-bond acceptors (Lipinski definition) is 5. The SMILES string of the molecule is CC[C@H](C)[C@@H](NC(=O)OC(C)(C)C)C(=O)O[C@H](C)CC(=O)O. The van der Waals surface area contributed by atoms with E-state index in [1.807, 2.05) is 6.92 Å². The molecule has 3 atom stereocenters. The van der Waals surface area contributed by atoms with Gasteiger partial charge in [0.2, 0.25) is 0 Å². The Kier molecular flexibility index (Phi) is 7.90. The van der Waals surface area contributed by atoms with E-state index in [1.54, 1.807) is 27.7 Å². The van der Waals surface area contributed by atoms with Crippen LogP contribution in [0.4, 0.5) is 4.79 Å². The highest BCUT2D eigenvalue weighted by Crippen LogP contribution is 2.13. The maximum Gasteiger partial charge on any atom is 0.408 e. The van der Waals surface area contributed by atoms with E-state index in [0.29, 0.717) is 6.42 Å². The van der Waals surface area contributed by atoms with E-state index < -0.39 is 35.8 Å². The Morgan fingerprint density at radius 3 is 2.14 bits per heavy atom. The van der Waals surface area contributed by atoms with Gasteiger partial charge >= 0.3 is 18.0 Å². The molecule has 2 N–H and O–H groups in total. The Labute approximate surface area is 131 Å². The molecular formula is C15H27NO6. The number of nitrogens with one attached hydrogen (secondary N) is 1. The van der Waals surface area contributed by atoms with Crippen molar-refractivity contribution < 1.29 is 29.0 Å². The first-order valence-electron chi connectivity index (χ1n) is 7.38. The van der Waals surface area contributed by atoms with Gasteiger partial charge in [0, 0.05) is 0 Å². The third kappa shape index (κ3) is 8.49. The number of carboxylic acids is 1. The quantitative estimate of drug-likeness (QED) is 0.699. The van der Waals surface area contributed by atoms with Gasteiger partial charge < -0.3 is 19.9 Å². The maximum absolute atomic E-state index is 12.2. The van der Waals surface area contributed by atoms with E-state index in [1.165, 1.54) is 6.92 Å². The van der Waals surface area contributed by atoms with E-state index in [9.17, 15) is 14.4 Å². The minimum Gasteiger partial charge on any atom is -0.481 e. The van der Waals surface area contributed by atoms with Crippen molar-refractivity contribution in [3.63, 3.8) is 0 Å². The smallest absolute Gasteiger partial charge is 0.408 e. The van der Waals surface area contributed by atoms with Gasteiger partial charge in [-0.3, -0.25) is 4.79 Å². The fourth-order valence-corrected chi connectivity index (χ4v) is 1.66. The molecule has 0 spiro atoms. The van der Waals surface area contributed by atoms with E-state index in [-0.39, 0.29) is 12.3 Å². The Balaban J connectivity index is 4.80. The summed E-state index contributed by atoms with van der Waals surface area (Å²) in [6.07, 6.45) is -1.12. The van der Waals surface area contributed by atoms with E-state index in [2.05, 4.69) is 5.32 Å². The topological polar surface area (TPSA) is 102 Å². The van der Waals surface area contributed by atoms with Crippen LogP contribution in [0.5, 0.6) is 0 Å². The van der Waals surface area contributed by atoms with Crippen LogP contribution in [-0.4, -0.2) is 40.9 Å². The summed E-state index contributed by atoms with van der Waals surface area (Å²) in [5.74, 6) is -1.88. The summed E-state index contributed by atoms with van der Waals surface area (Å²) in [5.41, 5.74) is -0.676. The van der Waals surface area contributed by atoms with E-state index in [4.69, 9.17) is 14.6 Å². The molecule has 0 aromatic heterocycles. The zero-order valence-electron chi connectivity index (χ0n) is 14.1. The number of carboxylic acid groups (broad SMARTS) is 1. The second-order valence-corrected chi connectivity index (χ2v) is 6.35. The highest BCUT2D eigenvalue weighted by molar-refractivity contribution is 5.82. The van der Waals surface area contributed by atoms with Crippen LogP contribution in [0.2, 0.25) is 0 Å². The summed E-state index contributed by atoms with van der Waals surface area (Å²) in [6, 6.07) is -0.879. The van der Waals surface area contributed by atoms with Crippen molar-refractivity contribution in [3.8, 4) is 0 Å². The van der Waals surface area contributed by atoms with Gasteiger partial charge in [-0.1, -0.05) is 20.3 Å². The fraction of sp³-hybridized carbons (Fsp3) is 0.800. The molecule has 0 aliphatic heterocycles. The zero-order chi connectivity index (χ0) is 17.5. The first-order valence-corrected chi connectivity index (χ1v) is 7.38. The van der Waals surface area contributed by atoms with Crippen LogP contribution >= 0.6 is 0 Å². The van der Waals surface area contributed by atoms with Crippen LogP contribution in [0, 0.1) is 5.92 Å². The van der Waals surface area contributed by atoms with Crippen LogP contribution in [0.3, 0.4) is 0 Å². The summed E-state index contributed by atoms with van der Waals surface area (Å²) < 4.78 is 10.2. The Morgan fingerprint density at radius 2 is 1.73 bits per heavy atom. The average Bonchev–Trinajstić information content (AvgIpc) is 2.31. The van der Waals surface area contributed by atoms with Gasteiger partial charge in [0.05, 0.1) is 6.42 Å². The number of amides is 1. The average molecular weight is 317 g/mol. The third-order valence-electron chi connectivity index (χ3n) is 2.92. The van der Waals surface area contributed by atoms with Gasteiger partial charge in [0.25, 0.3) is 0 Å². The molecule has 0 saturated heterocycles. The molecule has 0 aliphatic rings. The molecule has 128 valence electrons. The number of carbonyl (C=O) groups is 3. The molecule has 0 aliphatic carbocycles. The third-order valence-corrected chi connectivity index (χ3v) is 2.92. The summed E-state index contributed by atoms with van der Waals surface area (Å²) in [4.78, 5) is 34.6. The van der Waals surface area contributed by atoms with Crippen LogP contribution < -0.4 is 5.32 Å². The normalized spacial score (nSPS) is 15.4. The standard InChI is InChI=1S/C15H27NO6/c1-7-9(2)12(16-14(20)22-15(4,5)6)13(19)21-10(3)8-11(17)18/h9-10,12H,7-8H2,1-6H3,(H,16,20)(H,17,18)/t9-,10+,12+/m0/s1. The molecule has 0 aromatic rings. The van der Waals surface area contributed by atoms with Gasteiger partial charge in [0.1, 0.15) is 17.7 Å². The summed E-state index contributed by atoms with van der Waals surface area (Å²) in [5, 5.41) is 11.2. The molecule has 22 heavy (non-hydrogen) atoms. The molecule has 0 rings (SSSR count). The summed E-state index contributed by atoms with van der Waals surface area (Å²) >= 11 is 0. The monoisotopic (exact) mass is 317 g/mol. The lowest BCUT2D eigenvalue weighted by Gasteiger charge is -2.26. The van der Waals surface area contributed by atoms with Crippen LogP contribution in [0.1, 0.15) is 54.4 Å². The van der Waals surface area contributed by atoms with Crippen LogP contribution in [-0.2, 0) is 19.1 Å². The maximum atomic E-state index is 12.2. The van der Waals surface area contributed by atoms with Crippen molar-refractivity contribution in [2.75, 3.05) is 0 Å². The minimum atomic E-state index is -1.06. The van der Waals surface area contributed by atoms with E-state index in [0.717, 1.165) is 0 Å². The molecule has 1 amide bonds. The van der Waals surface area contributed by atoms with Gasteiger partial charge in [-0.15, -0.1) is 0 Å². The number of rotatable bonds is 7. The van der Waals surface area contributed by atoms with Crippen molar-refractivity contribution in [3.05, 3.63) is 0 Å². The lowest BCUT2D eigenvalue weighted by atomic mass is 9.99. The lowest BCUT2D eigenvalue weighted by molar-refractivity contribution is -0.155. The molecule has 0 radical (unpaired) electrons. The Bertz CT molecular complexity index is 401. The van der Waals surface area contributed by atoms with Crippen LogP contribution in [0.25, 0.3) is 0 Å². The predicted molar refractivity (Wildman–Crippen MR) is 80.4 cm³/mol. The van der Waals surface area contributed by atoms with Gasteiger partial charge in [0.15, 0.2) is 0 Å². The van der Waals surface area contributed by atoms with Crippen molar-refractivity contribution in [1.82, 2.24) is 5.32 Å². The number of ether oxygens (including phenoxy) is 2. The molecule has 7 nitrogen and oxygen atoms in total. The van der Waals surface area contributed by atoms with Gasteiger partial charge in [-0.25, -0.2) is 9.59 Å². The summed E-state index contributed by atoms with van der Waals surface area (Å²) in [7, 11) is 0. The number of aliphatic carboxylic acids is 1. The van der Waals surface area contributed by atoms with Gasteiger partial charge in [-0.2, -0.15) is 0 Å². The first kappa shape index (κ1) is 20.2. The summed E-state index contributed by atoms with van der Waals surface area (Å²) in [6.45, 7) is 10.3. The largest absolute Gasteiger partial charge is 0.481 e. The predicted octanol–water partition coefficient (Wildman–Crippen LogP) is 2.33. The molecule has 0 unspecified atom stereocenters. The lowest BCUT2D eigenvalue weighted by Crippen LogP contribution is -2.48. The number of esters is 1. The first-order chi connectivity index (χ1) is 9.96. The second kappa shape index (κ2) is 8.60. The molecule has 0 aromatic carbocycles. The highest BCUT2D eigenvalue weighted by Gasteiger charge is 2.30.